The van der Waals surface area contributed by atoms with Gasteiger partial charge in [-0.1, -0.05) is 84.4 Å². The molecule has 51 heavy (non-hydrogen) atoms. The number of rotatable bonds is 22. The van der Waals surface area contributed by atoms with Crippen LogP contribution in [0.1, 0.15) is 148 Å². The summed E-state index contributed by atoms with van der Waals surface area (Å²) in [7, 11) is 0. The van der Waals surface area contributed by atoms with E-state index in [9.17, 15) is 25.2 Å². The van der Waals surface area contributed by atoms with Crippen molar-refractivity contribution in [2.75, 3.05) is 6.54 Å². The Labute approximate surface area is 308 Å². The molecule has 9 atom stereocenters. The third kappa shape index (κ3) is 12.8. The average Bonchev–Trinajstić information content (AvgIpc) is 3.66. The molecule has 8 N–H and O–H groups in total. The number of H-pyrrole nitrogens is 1. The molecular formula is C43H71N3O5. The number of allylic oxidation sites excluding steroid dienone is 3. The Bertz CT molecular complexity index is 1300. The van der Waals surface area contributed by atoms with E-state index in [1.165, 1.54) is 30.4 Å². The number of aromatic amines is 1. The van der Waals surface area contributed by atoms with E-state index in [4.69, 9.17) is 5.73 Å². The van der Waals surface area contributed by atoms with E-state index in [0.717, 1.165) is 69.9 Å². The molecule has 1 saturated carbocycles. The van der Waals surface area contributed by atoms with Gasteiger partial charge >= 0.3 is 5.97 Å². The van der Waals surface area contributed by atoms with Crippen LogP contribution in [-0.4, -0.2) is 55.7 Å². The van der Waals surface area contributed by atoms with Crippen LogP contribution < -0.4 is 11.1 Å². The van der Waals surface area contributed by atoms with Crippen molar-refractivity contribution >= 4 is 5.97 Å². The monoisotopic (exact) mass is 710 g/mol. The molecule has 0 saturated heterocycles. The Morgan fingerprint density at radius 1 is 1.04 bits per heavy atom. The normalized spacial score (nSPS) is 28.3. The number of carboxylic acids is 1. The summed E-state index contributed by atoms with van der Waals surface area (Å²) in [6.07, 6.45) is 23.8. The van der Waals surface area contributed by atoms with E-state index >= 15 is 0 Å². The second-order valence-corrected chi connectivity index (χ2v) is 17.1. The van der Waals surface area contributed by atoms with E-state index in [1.54, 1.807) is 0 Å². The minimum atomic E-state index is -1.01. The summed E-state index contributed by atoms with van der Waals surface area (Å²) in [5, 5.41) is 47.5. The van der Waals surface area contributed by atoms with Crippen molar-refractivity contribution < 1.29 is 25.2 Å². The number of carboxylic acid groups (broad SMARTS) is 1. The number of nitrogens with one attached hydrogen (secondary N) is 2. The lowest BCUT2D eigenvalue weighted by atomic mass is 9.80. The first kappa shape index (κ1) is 41.2. The van der Waals surface area contributed by atoms with Gasteiger partial charge in [-0.15, -0.1) is 0 Å². The summed E-state index contributed by atoms with van der Waals surface area (Å²) < 4.78 is 0. The van der Waals surface area contributed by atoms with E-state index in [-0.39, 0.29) is 30.3 Å². The Balaban J connectivity index is 1.30. The van der Waals surface area contributed by atoms with E-state index in [1.807, 2.05) is 6.08 Å². The molecule has 0 bridgehead atoms. The number of dihydropyridines is 1. The maximum absolute atomic E-state index is 12.3. The molecule has 8 nitrogen and oxygen atoms in total. The van der Waals surface area contributed by atoms with Crippen molar-refractivity contribution in [3.05, 3.63) is 59.2 Å². The van der Waals surface area contributed by atoms with Gasteiger partial charge in [0.25, 0.3) is 0 Å². The summed E-state index contributed by atoms with van der Waals surface area (Å²) in [4.78, 5) is 15.8. The zero-order chi connectivity index (χ0) is 37.0. The zero-order valence-corrected chi connectivity index (χ0v) is 32.2. The molecule has 2 heterocycles. The minimum absolute atomic E-state index is 0.00401. The molecule has 3 aliphatic rings. The van der Waals surface area contributed by atoms with Crippen molar-refractivity contribution in [2.45, 2.75) is 161 Å². The summed E-state index contributed by atoms with van der Waals surface area (Å²) in [6.45, 7) is 9.69. The van der Waals surface area contributed by atoms with Gasteiger partial charge in [0.2, 0.25) is 0 Å². The first-order valence-corrected chi connectivity index (χ1v) is 20.4. The summed E-state index contributed by atoms with van der Waals surface area (Å²) >= 11 is 0. The van der Waals surface area contributed by atoms with Gasteiger partial charge in [-0.3, -0.25) is 4.79 Å². The molecule has 9 unspecified atom stereocenters. The Hall–Kier alpha value is -2.55. The van der Waals surface area contributed by atoms with Gasteiger partial charge in [0.1, 0.15) is 0 Å². The Kier molecular flexibility index (Phi) is 16.2. The molecule has 0 aromatic carbocycles. The van der Waals surface area contributed by atoms with Gasteiger partial charge in [-0.05, 0) is 123 Å². The van der Waals surface area contributed by atoms with Crippen molar-refractivity contribution in [1.82, 2.24) is 10.3 Å². The lowest BCUT2D eigenvalue weighted by Gasteiger charge is -2.32. The zero-order valence-electron chi connectivity index (χ0n) is 32.2. The van der Waals surface area contributed by atoms with Crippen LogP contribution in [0.15, 0.2) is 48.0 Å². The topological polar surface area (TPSA) is 152 Å². The van der Waals surface area contributed by atoms with E-state index in [2.05, 4.69) is 68.5 Å². The summed E-state index contributed by atoms with van der Waals surface area (Å²) in [5.74, 6) is 0.874. The van der Waals surface area contributed by atoms with Crippen LogP contribution in [0, 0.1) is 35.5 Å². The highest BCUT2D eigenvalue weighted by atomic mass is 16.4. The number of aromatic nitrogens is 1. The Morgan fingerprint density at radius 2 is 1.82 bits per heavy atom. The number of hydrogen-bond acceptors (Lipinski definition) is 6. The number of hydrogen-bond donors (Lipinski definition) is 7. The first-order chi connectivity index (χ1) is 24.4. The van der Waals surface area contributed by atoms with Crippen LogP contribution in [0.4, 0.5) is 0 Å². The molecule has 0 radical (unpaired) electrons. The second kappa shape index (κ2) is 20.1. The SMILES string of the molecule is CCCCCC1C=CC(CCCCCC(C(=O)O)C(O)CCC2(O)CC(CC3=CCNC(N)=C3)CC2Cc2cc(C(C)CC(C)C)c[nH]2)C(O)C1. The lowest BCUT2D eigenvalue weighted by molar-refractivity contribution is -0.146. The number of aliphatic carboxylic acids is 1. The molecule has 0 amide bonds. The van der Waals surface area contributed by atoms with E-state index < -0.39 is 23.6 Å². The van der Waals surface area contributed by atoms with Gasteiger partial charge in [0, 0.05) is 24.4 Å². The van der Waals surface area contributed by atoms with Gasteiger partial charge in [-0.2, -0.15) is 0 Å². The predicted octanol–water partition coefficient (Wildman–Crippen LogP) is 8.11. The van der Waals surface area contributed by atoms with Gasteiger partial charge in [-0.25, -0.2) is 0 Å². The summed E-state index contributed by atoms with van der Waals surface area (Å²) in [6, 6.07) is 2.26. The molecule has 8 heteroatoms. The van der Waals surface area contributed by atoms with Crippen LogP contribution in [0.5, 0.6) is 0 Å². The van der Waals surface area contributed by atoms with Gasteiger partial charge in [0.15, 0.2) is 0 Å². The molecule has 1 aliphatic heterocycles. The van der Waals surface area contributed by atoms with Gasteiger partial charge in [0.05, 0.1) is 29.5 Å². The molecular weight excluding hydrogens is 638 g/mol. The largest absolute Gasteiger partial charge is 0.481 e. The smallest absolute Gasteiger partial charge is 0.309 e. The van der Waals surface area contributed by atoms with Crippen molar-refractivity contribution in [3.63, 3.8) is 0 Å². The predicted molar refractivity (Wildman–Crippen MR) is 207 cm³/mol. The molecule has 1 aromatic heterocycles. The van der Waals surface area contributed by atoms with Gasteiger partial charge < -0.3 is 36.5 Å². The number of aliphatic hydroxyl groups is 3. The number of nitrogens with two attached hydrogens (primary N) is 1. The van der Waals surface area contributed by atoms with Crippen LogP contribution in [-0.2, 0) is 11.2 Å². The molecule has 288 valence electrons. The standard InChI is InChI=1S/C43H71N3O5/c1-5-6-8-11-31-14-15-34(40(48)23-31)12-9-7-10-13-38(42(49)50)39(47)16-18-43(51)27-33(21-32-17-19-45-41(44)24-32)22-36(43)26-37-25-35(28-46-37)30(4)20-29(2)3/h14-15,17,24-25,28-31,33-34,36,38-40,45-48,51H,5-13,16,18-23,26-27,44H2,1-4H3,(H,49,50). The van der Waals surface area contributed by atoms with Crippen LogP contribution in [0.3, 0.4) is 0 Å². The van der Waals surface area contributed by atoms with Crippen molar-refractivity contribution in [2.24, 2.45) is 41.2 Å². The Morgan fingerprint density at radius 3 is 2.53 bits per heavy atom. The molecule has 2 aliphatic carbocycles. The highest BCUT2D eigenvalue weighted by Crippen LogP contribution is 2.47. The highest BCUT2D eigenvalue weighted by molar-refractivity contribution is 5.70. The second-order valence-electron chi connectivity index (χ2n) is 17.1. The van der Waals surface area contributed by atoms with Crippen LogP contribution >= 0.6 is 0 Å². The first-order valence-electron chi connectivity index (χ1n) is 20.4. The maximum atomic E-state index is 12.3. The molecule has 0 spiro atoms. The fraction of sp³-hybridized carbons (Fsp3) is 0.744. The van der Waals surface area contributed by atoms with Crippen LogP contribution in [0.25, 0.3) is 0 Å². The molecule has 1 fully saturated rings. The minimum Gasteiger partial charge on any atom is -0.481 e. The maximum Gasteiger partial charge on any atom is 0.309 e. The van der Waals surface area contributed by atoms with E-state index in [0.29, 0.717) is 49.4 Å². The fourth-order valence-corrected chi connectivity index (χ4v) is 9.31. The highest BCUT2D eigenvalue weighted by Gasteiger charge is 2.46. The number of aliphatic hydroxyl groups excluding tert-OH is 2. The number of unbranched alkanes of at least 4 members (excludes halogenated alkanes) is 4. The fourth-order valence-electron chi connectivity index (χ4n) is 9.31. The average molecular weight is 710 g/mol. The lowest BCUT2D eigenvalue weighted by Crippen LogP contribution is -2.37. The number of carbonyl (C=O) groups is 1. The van der Waals surface area contributed by atoms with Crippen LogP contribution in [0.2, 0.25) is 0 Å². The summed E-state index contributed by atoms with van der Waals surface area (Å²) in [5.41, 5.74) is 8.68. The van der Waals surface area contributed by atoms with Crippen molar-refractivity contribution in [3.8, 4) is 0 Å². The van der Waals surface area contributed by atoms with Crippen molar-refractivity contribution in [1.29, 1.82) is 0 Å². The third-order valence-electron chi connectivity index (χ3n) is 12.2. The quantitative estimate of drug-likeness (QED) is 0.0475. The third-order valence-corrected chi connectivity index (χ3v) is 12.2. The molecule has 1 aromatic rings. The molecule has 4 rings (SSSR count).